The van der Waals surface area contributed by atoms with Crippen LogP contribution in [-0.4, -0.2) is 23.0 Å². The molecular weight excluding hydrogens is 330 g/mol. The number of ether oxygens (including phenoxy) is 1. The summed E-state index contributed by atoms with van der Waals surface area (Å²) in [6.07, 6.45) is 3.13. The summed E-state index contributed by atoms with van der Waals surface area (Å²) in [6.45, 7) is 0. The fraction of sp³-hybridized carbons (Fsp3) is 0.0500. The van der Waals surface area contributed by atoms with E-state index >= 15 is 0 Å². The minimum absolute atomic E-state index is 0.191. The van der Waals surface area contributed by atoms with E-state index in [1.165, 1.54) is 0 Å². The van der Waals surface area contributed by atoms with Crippen LogP contribution in [0.1, 0.15) is 10.6 Å². The topological polar surface area (TPSA) is 77.2 Å². The maximum absolute atomic E-state index is 12.4. The normalized spacial score (nSPS) is 10.7. The molecule has 6 heteroatoms. The molecule has 2 heterocycles. The van der Waals surface area contributed by atoms with Gasteiger partial charge in [0.25, 0.3) is 5.91 Å². The highest BCUT2D eigenvalue weighted by Gasteiger charge is 2.15. The highest BCUT2D eigenvalue weighted by molar-refractivity contribution is 6.05. The fourth-order valence-corrected chi connectivity index (χ4v) is 2.63. The van der Waals surface area contributed by atoms with Crippen molar-refractivity contribution in [3.05, 3.63) is 72.8 Å². The Bertz CT molecular complexity index is 1060. The molecule has 4 rings (SSSR count). The molecule has 0 aliphatic heterocycles. The monoisotopic (exact) mass is 345 g/mol. The number of benzene rings is 2. The molecule has 1 N–H and O–H groups in total. The first-order valence-corrected chi connectivity index (χ1v) is 8.00. The standard InChI is InChI=1S/C20H15N3O3/c1-25-16-9-5-8-14-10-17(26-18(14)16)20(24)23-15-11-21-19(22-12-15)13-6-3-2-4-7-13/h2-12H,1H3,(H,23,24). The Hall–Kier alpha value is -3.67. The molecular formula is C20H15N3O3. The molecule has 4 aromatic rings. The summed E-state index contributed by atoms with van der Waals surface area (Å²) >= 11 is 0. The van der Waals surface area contributed by atoms with E-state index in [9.17, 15) is 4.79 Å². The van der Waals surface area contributed by atoms with Crippen LogP contribution in [0.2, 0.25) is 0 Å². The van der Waals surface area contributed by atoms with Crippen LogP contribution in [0, 0.1) is 0 Å². The van der Waals surface area contributed by atoms with Gasteiger partial charge in [-0.25, -0.2) is 9.97 Å². The van der Waals surface area contributed by atoms with Gasteiger partial charge in [0.05, 0.1) is 25.2 Å². The number of hydrogen-bond donors (Lipinski definition) is 1. The summed E-state index contributed by atoms with van der Waals surface area (Å²) in [6, 6.07) is 16.8. The van der Waals surface area contributed by atoms with Crippen molar-refractivity contribution in [2.24, 2.45) is 0 Å². The van der Waals surface area contributed by atoms with Crippen molar-refractivity contribution in [3.63, 3.8) is 0 Å². The third-order valence-electron chi connectivity index (χ3n) is 3.89. The maximum atomic E-state index is 12.4. The van der Waals surface area contributed by atoms with Gasteiger partial charge in [-0.1, -0.05) is 42.5 Å². The zero-order valence-electron chi connectivity index (χ0n) is 14.0. The number of para-hydroxylation sites is 1. The van der Waals surface area contributed by atoms with E-state index in [4.69, 9.17) is 9.15 Å². The average Bonchev–Trinajstić information content (AvgIpc) is 3.14. The molecule has 0 fully saturated rings. The van der Waals surface area contributed by atoms with Gasteiger partial charge >= 0.3 is 0 Å². The number of rotatable bonds is 4. The number of nitrogens with one attached hydrogen (secondary N) is 1. The van der Waals surface area contributed by atoms with Crippen LogP contribution in [0.25, 0.3) is 22.4 Å². The third kappa shape index (κ3) is 3.00. The number of aromatic nitrogens is 2. The Morgan fingerprint density at radius 2 is 1.81 bits per heavy atom. The highest BCUT2D eigenvalue weighted by Crippen LogP contribution is 2.28. The Morgan fingerprint density at radius 3 is 2.54 bits per heavy atom. The number of methoxy groups -OCH3 is 1. The Balaban J connectivity index is 1.55. The molecule has 0 atom stereocenters. The number of carbonyl (C=O) groups is 1. The second-order valence-electron chi connectivity index (χ2n) is 5.60. The molecule has 128 valence electrons. The van der Waals surface area contributed by atoms with E-state index in [0.29, 0.717) is 22.8 Å². The van der Waals surface area contributed by atoms with E-state index < -0.39 is 0 Å². The van der Waals surface area contributed by atoms with E-state index in [-0.39, 0.29) is 11.7 Å². The van der Waals surface area contributed by atoms with Gasteiger partial charge in [0.2, 0.25) is 0 Å². The van der Waals surface area contributed by atoms with Gasteiger partial charge in [-0.15, -0.1) is 0 Å². The Morgan fingerprint density at radius 1 is 1.04 bits per heavy atom. The van der Waals surface area contributed by atoms with Crippen LogP contribution in [0.5, 0.6) is 5.75 Å². The lowest BCUT2D eigenvalue weighted by molar-refractivity contribution is 0.0998. The number of carbonyl (C=O) groups excluding carboxylic acids is 1. The second kappa shape index (κ2) is 6.68. The van der Waals surface area contributed by atoms with Gasteiger partial charge in [0, 0.05) is 10.9 Å². The number of anilines is 1. The van der Waals surface area contributed by atoms with E-state index in [2.05, 4.69) is 15.3 Å². The predicted molar refractivity (Wildman–Crippen MR) is 98.2 cm³/mol. The smallest absolute Gasteiger partial charge is 0.291 e. The summed E-state index contributed by atoms with van der Waals surface area (Å²) in [4.78, 5) is 21.0. The van der Waals surface area contributed by atoms with Crippen molar-refractivity contribution in [3.8, 4) is 17.1 Å². The number of fused-ring (bicyclic) bond motifs is 1. The Kier molecular flexibility index (Phi) is 4.07. The molecule has 0 aliphatic carbocycles. The van der Waals surface area contributed by atoms with E-state index in [0.717, 1.165) is 10.9 Å². The molecule has 26 heavy (non-hydrogen) atoms. The first-order valence-electron chi connectivity index (χ1n) is 8.00. The molecule has 2 aromatic heterocycles. The molecule has 6 nitrogen and oxygen atoms in total. The minimum Gasteiger partial charge on any atom is -0.493 e. The number of amides is 1. The zero-order chi connectivity index (χ0) is 17.9. The van der Waals surface area contributed by atoms with Crippen molar-refractivity contribution >= 4 is 22.6 Å². The van der Waals surface area contributed by atoms with Gasteiger partial charge in [-0.3, -0.25) is 4.79 Å². The maximum Gasteiger partial charge on any atom is 0.291 e. The van der Waals surface area contributed by atoms with Crippen LogP contribution in [0.3, 0.4) is 0 Å². The summed E-state index contributed by atoms with van der Waals surface area (Å²) in [5, 5.41) is 3.53. The molecule has 1 amide bonds. The van der Waals surface area contributed by atoms with Crippen LogP contribution in [0.15, 0.2) is 71.4 Å². The lowest BCUT2D eigenvalue weighted by atomic mass is 10.2. The van der Waals surface area contributed by atoms with Crippen molar-refractivity contribution in [1.29, 1.82) is 0 Å². The zero-order valence-corrected chi connectivity index (χ0v) is 14.0. The number of hydrogen-bond acceptors (Lipinski definition) is 5. The van der Waals surface area contributed by atoms with Gasteiger partial charge < -0.3 is 14.5 Å². The predicted octanol–water partition coefficient (Wildman–Crippen LogP) is 4.15. The van der Waals surface area contributed by atoms with Crippen LogP contribution in [0.4, 0.5) is 5.69 Å². The van der Waals surface area contributed by atoms with Gasteiger partial charge in [0.1, 0.15) is 0 Å². The molecule has 0 unspecified atom stereocenters. The van der Waals surface area contributed by atoms with E-state index in [1.807, 2.05) is 42.5 Å². The van der Waals surface area contributed by atoms with Crippen molar-refractivity contribution in [2.45, 2.75) is 0 Å². The van der Waals surface area contributed by atoms with Crippen molar-refractivity contribution in [2.75, 3.05) is 12.4 Å². The summed E-state index contributed by atoms with van der Waals surface area (Å²) in [7, 11) is 1.56. The molecule has 0 saturated carbocycles. The molecule has 0 aliphatic rings. The largest absolute Gasteiger partial charge is 0.493 e. The quantitative estimate of drug-likeness (QED) is 0.601. The lowest BCUT2D eigenvalue weighted by Gasteiger charge is -2.04. The molecule has 0 spiro atoms. The number of nitrogens with zero attached hydrogens (tertiary/aromatic N) is 2. The van der Waals surface area contributed by atoms with Crippen molar-refractivity contribution in [1.82, 2.24) is 9.97 Å². The highest BCUT2D eigenvalue weighted by atomic mass is 16.5. The van der Waals surface area contributed by atoms with Crippen LogP contribution >= 0.6 is 0 Å². The van der Waals surface area contributed by atoms with Crippen molar-refractivity contribution < 1.29 is 13.9 Å². The average molecular weight is 345 g/mol. The second-order valence-corrected chi connectivity index (χ2v) is 5.60. The summed E-state index contributed by atoms with van der Waals surface area (Å²) in [5.74, 6) is 0.991. The fourth-order valence-electron chi connectivity index (χ4n) is 2.63. The van der Waals surface area contributed by atoms with E-state index in [1.54, 1.807) is 31.6 Å². The molecule has 0 radical (unpaired) electrons. The summed E-state index contributed by atoms with van der Waals surface area (Å²) < 4.78 is 10.9. The molecule has 0 saturated heterocycles. The van der Waals surface area contributed by atoms with Crippen LogP contribution in [-0.2, 0) is 0 Å². The third-order valence-corrected chi connectivity index (χ3v) is 3.89. The SMILES string of the molecule is COc1cccc2cc(C(=O)Nc3cnc(-c4ccccc4)nc3)oc12. The lowest BCUT2D eigenvalue weighted by Crippen LogP contribution is -2.11. The molecule has 0 bridgehead atoms. The van der Waals surface area contributed by atoms with Crippen LogP contribution < -0.4 is 10.1 Å². The van der Waals surface area contributed by atoms with Gasteiger partial charge in [0.15, 0.2) is 22.9 Å². The summed E-state index contributed by atoms with van der Waals surface area (Å²) in [5.41, 5.74) is 1.94. The Labute approximate surface area is 149 Å². The number of furan rings is 1. The van der Waals surface area contributed by atoms with Gasteiger partial charge in [-0.2, -0.15) is 0 Å². The first kappa shape index (κ1) is 15.8. The molecule has 2 aromatic carbocycles. The first-order chi connectivity index (χ1) is 12.7. The minimum atomic E-state index is -0.376. The van der Waals surface area contributed by atoms with Gasteiger partial charge in [-0.05, 0) is 12.1 Å².